The number of hydrogen-bond donors (Lipinski definition) is 0. The number of hydrogen-bond acceptors (Lipinski definition) is 4. The maximum atomic E-state index is 14.5. The van der Waals surface area contributed by atoms with Gasteiger partial charge in [0.1, 0.15) is 11.7 Å². The third-order valence-electron chi connectivity index (χ3n) is 9.30. The van der Waals surface area contributed by atoms with E-state index >= 15 is 0 Å². The molecule has 0 aliphatic carbocycles. The first kappa shape index (κ1) is 34.6. The van der Waals surface area contributed by atoms with E-state index in [1.54, 1.807) is 6.20 Å². The first-order chi connectivity index (χ1) is 24.3. The number of piperidine rings is 1. The number of nitrogens with zero attached hydrogens (tertiary/aromatic N) is 4. The molecule has 1 saturated heterocycles. The number of halogens is 3. The van der Waals surface area contributed by atoms with Crippen LogP contribution in [0.15, 0.2) is 140 Å². The van der Waals surface area contributed by atoms with Crippen LogP contribution in [-0.4, -0.2) is 44.8 Å². The van der Waals surface area contributed by atoms with E-state index in [1.807, 2.05) is 83.9 Å². The number of carbonyl (C=O) groups is 1. The minimum Gasteiger partial charge on any atom is -0.361 e. The van der Waals surface area contributed by atoms with Crippen LogP contribution in [0.25, 0.3) is 11.3 Å². The first-order valence-electron chi connectivity index (χ1n) is 17.1. The highest BCUT2D eigenvalue weighted by Crippen LogP contribution is 2.28. The van der Waals surface area contributed by atoms with E-state index in [0.717, 1.165) is 47.7 Å². The summed E-state index contributed by atoms with van der Waals surface area (Å²) in [5.74, 6) is 0.609. The average molecular weight is 675 g/mol. The van der Waals surface area contributed by atoms with Crippen molar-refractivity contribution in [3.8, 4) is 11.3 Å². The number of likely N-dealkylation sites (tertiary alicyclic amines) is 1. The lowest BCUT2D eigenvalue weighted by molar-refractivity contribution is -0.141. The van der Waals surface area contributed by atoms with Crippen LogP contribution in [-0.2, 0) is 36.8 Å². The Hall–Kier alpha value is -5.24. The molecule has 5 nitrogen and oxygen atoms in total. The van der Waals surface area contributed by atoms with Crippen molar-refractivity contribution in [2.24, 2.45) is 5.92 Å². The molecule has 0 radical (unpaired) electrons. The summed E-state index contributed by atoms with van der Waals surface area (Å²) in [5, 5.41) is 0. The third-order valence-corrected chi connectivity index (χ3v) is 9.30. The van der Waals surface area contributed by atoms with E-state index in [9.17, 15) is 18.0 Å². The molecule has 1 fully saturated rings. The zero-order valence-electron chi connectivity index (χ0n) is 27.9. The fourth-order valence-corrected chi connectivity index (χ4v) is 6.53. The van der Waals surface area contributed by atoms with Crippen LogP contribution < -0.4 is 0 Å². The van der Waals surface area contributed by atoms with Crippen molar-refractivity contribution >= 4 is 5.91 Å². The molecule has 0 N–H and O–H groups in total. The molecule has 1 atom stereocenters. The number of rotatable bonds is 12. The van der Waals surface area contributed by atoms with Crippen molar-refractivity contribution in [3.63, 3.8) is 0 Å². The van der Waals surface area contributed by atoms with Crippen LogP contribution in [0.1, 0.15) is 40.8 Å². The second kappa shape index (κ2) is 16.4. The fraction of sp³-hybridized carbons (Fsp3) is 0.262. The van der Waals surface area contributed by atoms with Crippen LogP contribution in [0.5, 0.6) is 0 Å². The van der Waals surface area contributed by atoms with E-state index in [4.69, 9.17) is 0 Å². The summed E-state index contributed by atoms with van der Waals surface area (Å²) in [7, 11) is 0. The van der Waals surface area contributed by atoms with Gasteiger partial charge in [-0.1, -0.05) is 103 Å². The van der Waals surface area contributed by atoms with E-state index < -0.39 is 17.9 Å². The molecule has 50 heavy (non-hydrogen) atoms. The van der Waals surface area contributed by atoms with Gasteiger partial charge in [-0.25, -0.2) is 0 Å². The van der Waals surface area contributed by atoms with Gasteiger partial charge >= 0.3 is 6.18 Å². The van der Waals surface area contributed by atoms with E-state index in [-0.39, 0.29) is 5.91 Å². The van der Waals surface area contributed by atoms with Crippen molar-refractivity contribution in [2.45, 2.75) is 50.9 Å². The average Bonchev–Trinajstić information content (AvgIpc) is 3.15. The van der Waals surface area contributed by atoms with Gasteiger partial charge in [-0.05, 0) is 78.3 Å². The summed E-state index contributed by atoms with van der Waals surface area (Å²) in [5.41, 5.74) is 5.03. The number of benzene rings is 3. The van der Waals surface area contributed by atoms with Crippen LogP contribution in [0.3, 0.4) is 0 Å². The van der Waals surface area contributed by atoms with Crippen molar-refractivity contribution in [3.05, 3.63) is 168 Å². The summed E-state index contributed by atoms with van der Waals surface area (Å²) in [4.78, 5) is 26.7. The molecular weight excluding hydrogens is 633 g/mol. The van der Waals surface area contributed by atoms with Crippen LogP contribution >= 0.6 is 0 Å². The maximum Gasteiger partial charge on any atom is 0.433 e. The summed E-state index contributed by atoms with van der Waals surface area (Å²) in [6.07, 6.45) is 6.18. The predicted molar refractivity (Wildman–Crippen MR) is 191 cm³/mol. The molecule has 6 rings (SSSR count). The van der Waals surface area contributed by atoms with Gasteiger partial charge in [0.15, 0.2) is 0 Å². The summed E-state index contributed by atoms with van der Waals surface area (Å²) in [6, 6.07) is 36.5. The molecule has 3 aromatic carbocycles. The lowest BCUT2D eigenvalue weighted by atomic mass is 9.89. The summed E-state index contributed by atoms with van der Waals surface area (Å²) < 4.78 is 39.3. The van der Waals surface area contributed by atoms with Crippen molar-refractivity contribution in [1.29, 1.82) is 0 Å². The molecule has 256 valence electrons. The Kier molecular flexibility index (Phi) is 11.4. The van der Waals surface area contributed by atoms with Crippen LogP contribution in [0, 0.1) is 5.92 Å². The standard InChI is InChI=1S/C42H41F3N4O/c43-42(44,45)40-21-18-35(30-47-40)14-9-25-49(31-36-16-19-37(20-17-36)38-15-7-8-24-46-38)39(29-33-12-5-2-6-13-33)41(50)48-26-22-34(23-27-48)28-32-10-3-1-4-11-32/h1-13,15-21,24-25,30,34,39H,14,22-23,26-29,31H2/t39-/m0/s1. The Morgan fingerprint density at radius 3 is 2.06 bits per heavy atom. The molecular formula is C42H41F3N4O. The fourth-order valence-electron chi connectivity index (χ4n) is 6.53. The van der Waals surface area contributed by atoms with Crippen molar-refractivity contribution < 1.29 is 18.0 Å². The zero-order valence-corrected chi connectivity index (χ0v) is 27.9. The molecule has 8 heteroatoms. The lowest BCUT2D eigenvalue weighted by Gasteiger charge is -2.38. The van der Waals surface area contributed by atoms with Crippen LogP contribution in [0.4, 0.5) is 13.2 Å². The second-order valence-electron chi connectivity index (χ2n) is 12.9. The molecule has 3 heterocycles. The SMILES string of the molecule is O=C([C@H](Cc1ccccc1)N(C=CCc1ccc(C(F)(F)F)nc1)Cc1ccc(-c2ccccn2)cc1)N1CCC(Cc2ccccc2)CC1. The van der Waals surface area contributed by atoms with Gasteiger partial charge in [0, 0.05) is 44.0 Å². The molecule has 1 aliphatic heterocycles. The molecule has 0 spiro atoms. The van der Waals surface area contributed by atoms with Crippen LogP contribution in [0.2, 0.25) is 0 Å². The predicted octanol–water partition coefficient (Wildman–Crippen LogP) is 8.81. The lowest BCUT2D eigenvalue weighted by Crippen LogP contribution is -2.50. The number of amides is 1. The normalized spacial score (nSPS) is 14.5. The van der Waals surface area contributed by atoms with Gasteiger partial charge in [0.2, 0.25) is 5.91 Å². The quantitative estimate of drug-likeness (QED) is 0.133. The van der Waals surface area contributed by atoms with Gasteiger partial charge in [0.05, 0.1) is 5.69 Å². The number of alkyl halides is 3. The molecule has 2 aromatic heterocycles. The minimum atomic E-state index is -4.49. The number of pyridine rings is 2. The number of aromatic nitrogens is 2. The Bertz CT molecular complexity index is 1810. The van der Waals surface area contributed by atoms with Gasteiger partial charge in [-0.3, -0.25) is 14.8 Å². The van der Waals surface area contributed by atoms with Crippen molar-refractivity contribution in [1.82, 2.24) is 19.8 Å². The largest absolute Gasteiger partial charge is 0.433 e. The molecule has 0 bridgehead atoms. The number of allylic oxidation sites excluding steroid dienone is 1. The summed E-state index contributed by atoms with van der Waals surface area (Å²) in [6.45, 7) is 1.88. The van der Waals surface area contributed by atoms with Crippen molar-refractivity contribution in [2.75, 3.05) is 13.1 Å². The minimum absolute atomic E-state index is 0.0815. The highest BCUT2D eigenvalue weighted by molar-refractivity contribution is 5.82. The summed E-state index contributed by atoms with van der Waals surface area (Å²) >= 11 is 0. The Morgan fingerprint density at radius 2 is 1.44 bits per heavy atom. The molecule has 1 aliphatic rings. The molecule has 5 aromatic rings. The highest BCUT2D eigenvalue weighted by Gasteiger charge is 2.33. The third kappa shape index (κ3) is 9.47. The van der Waals surface area contributed by atoms with Gasteiger partial charge in [-0.2, -0.15) is 13.2 Å². The van der Waals surface area contributed by atoms with E-state index in [1.165, 1.54) is 17.8 Å². The Labute approximate surface area is 292 Å². The topological polar surface area (TPSA) is 49.3 Å². The first-order valence-corrected chi connectivity index (χ1v) is 17.1. The van der Waals surface area contributed by atoms with Gasteiger partial charge < -0.3 is 9.80 Å². The highest BCUT2D eigenvalue weighted by atomic mass is 19.4. The molecule has 0 saturated carbocycles. The van der Waals surface area contributed by atoms with E-state index in [2.05, 4.69) is 51.3 Å². The Balaban J connectivity index is 1.24. The monoisotopic (exact) mass is 674 g/mol. The second-order valence-corrected chi connectivity index (χ2v) is 12.9. The number of carbonyl (C=O) groups excluding carboxylic acids is 1. The van der Waals surface area contributed by atoms with Gasteiger partial charge in [0.25, 0.3) is 0 Å². The zero-order chi connectivity index (χ0) is 34.8. The maximum absolute atomic E-state index is 14.5. The molecule has 1 amide bonds. The molecule has 0 unspecified atom stereocenters. The van der Waals surface area contributed by atoms with Gasteiger partial charge in [-0.15, -0.1) is 0 Å². The van der Waals surface area contributed by atoms with E-state index in [0.29, 0.717) is 44.0 Å². The smallest absolute Gasteiger partial charge is 0.361 e. The Morgan fingerprint density at radius 1 is 0.780 bits per heavy atom.